The number of hydrogen-bond donors (Lipinski definition) is 0. The molecule has 1 aliphatic rings. The number of amides is 1. The van der Waals surface area contributed by atoms with Crippen LogP contribution in [-0.4, -0.2) is 45.3 Å². The van der Waals surface area contributed by atoms with Crippen molar-refractivity contribution in [2.75, 3.05) is 19.7 Å². The molecule has 0 spiro atoms. The van der Waals surface area contributed by atoms with Gasteiger partial charge in [-0.3, -0.25) is 4.79 Å². The lowest BCUT2D eigenvalue weighted by Crippen LogP contribution is -2.41. The molecule has 1 aliphatic heterocycles. The first-order valence-electron chi connectivity index (χ1n) is 9.23. The van der Waals surface area contributed by atoms with Gasteiger partial charge in [0.1, 0.15) is 5.75 Å². The highest BCUT2D eigenvalue weighted by Gasteiger charge is 2.25. The summed E-state index contributed by atoms with van der Waals surface area (Å²) in [5, 5.41) is 4.15. The molecule has 0 N–H and O–H groups in total. The van der Waals surface area contributed by atoms with Crippen molar-refractivity contribution in [1.82, 2.24) is 19.7 Å². The van der Waals surface area contributed by atoms with Gasteiger partial charge in [0, 0.05) is 37.6 Å². The Balaban J connectivity index is 1.36. The van der Waals surface area contributed by atoms with Crippen molar-refractivity contribution >= 4 is 5.91 Å². The second kappa shape index (κ2) is 8.03. The van der Waals surface area contributed by atoms with Crippen LogP contribution in [0.1, 0.15) is 23.2 Å². The first-order chi connectivity index (χ1) is 13.3. The van der Waals surface area contributed by atoms with Crippen LogP contribution in [0, 0.1) is 5.92 Å². The van der Waals surface area contributed by atoms with E-state index in [1.807, 2.05) is 59.6 Å². The Labute approximate surface area is 158 Å². The second-order valence-corrected chi connectivity index (χ2v) is 6.74. The Hall–Kier alpha value is -3.15. The molecule has 27 heavy (non-hydrogen) atoms. The molecule has 4 rings (SSSR count). The number of piperidine rings is 1. The van der Waals surface area contributed by atoms with E-state index in [0.717, 1.165) is 25.1 Å². The molecular weight excluding hydrogens is 340 g/mol. The van der Waals surface area contributed by atoms with Crippen molar-refractivity contribution in [2.24, 2.45) is 5.92 Å². The SMILES string of the molecule is O=C(c1ccc(-n2cccn2)nc1)N1CCCC(COc2ccccc2)C1. The number of benzene rings is 1. The number of para-hydroxylation sites is 1. The van der Waals surface area contributed by atoms with Crippen LogP contribution in [0.4, 0.5) is 0 Å². The monoisotopic (exact) mass is 362 g/mol. The van der Waals surface area contributed by atoms with Crippen LogP contribution in [0.15, 0.2) is 67.1 Å². The van der Waals surface area contributed by atoms with Crippen LogP contribution in [0.3, 0.4) is 0 Å². The molecule has 1 fully saturated rings. The first kappa shape index (κ1) is 17.3. The van der Waals surface area contributed by atoms with E-state index in [1.165, 1.54) is 0 Å². The Bertz CT molecular complexity index is 863. The minimum Gasteiger partial charge on any atom is -0.493 e. The maximum Gasteiger partial charge on any atom is 0.255 e. The van der Waals surface area contributed by atoms with Gasteiger partial charge in [0.05, 0.1) is 12.2 Å². The Morgan fingerprint density at radius 2 is 2.04 bits per heavy atom. The summed E-state index contributed by atoms with van der Waals surface area (Å²) in [7, 11) is 0. The van der Waals surface area contributed by atoms with Crippen LogP contribution in [-0.2, 0) is 0 Å². The number of carbonyl (C=O) groups is 1. The fourth-order valence-electron chi connectivity index (χ4n) is 3.35. The summed E-state index contributed by atoms with van der Waals surface area (Å²) in [5.41, 5.74) is 0.607. The van der Waals surface area contributed by atoms with Crippen LogP contribution in [0.2, 0.25) is 0 Å². The Morgan fingerprint density at radius 1 is 1.15 bits per heavy atom. The van der Waals surface area contributed by atoms with Crippen LogP contribution in [0.5, 0.6) is 5.75 Å². The quantitative estimate of drug-likeness (QED) is 0.699. The number of nitrogens with zero attached hydrogens (tertiary/aromatic N) is 4. The molecular formula is C21H22N4O2. The van der Waals surface area contributed by atoms with Gasteiger partial charge in [0.15, 0.2) is 5.82 Å². The number of aromatic nitrogens is 3. The van der Waals surface area contributed by atoms with Gasteiger partial charge in [-0.05, 0) is 43.2 Å². The minimum absolute atomic E-state index is 0.0268. The molecule has 138 valence electrons. The van der Waals surface area contributed by atoms with Crippen molar-refractivity contribution < 1.29 is 9.53 Å². The van der Waals surface area contributed by atoms with E-state index in [-0.39, 0.29) is 5.91 Å². The number of pyridine rings is 1. The summed E-state index contributed by atoms with van der Waals surface area (Å²) in [6.45, 7) is 2.12. The van der Waals surface area contributed by atoms with E-state index < -0.39 is 0 Å². The molecule has 0 saturated carbocycles. The molecule has 1 amide bonds. The maximum atomic E-state index is 12.8. The van der Waals surface area contributed by atoms with Gasteiger partial charge in [-0.2, -0.15) is 5.10 Å². The van der Waals surface area contributed by atoms with Crippen molar-refractivity contribution in [1.29, 1.82) is 0 Å². The Kier molecular flexibility index (Phi) is 5.14. The fourth-order valence-corrected chi connectivity index (χ4v) is 3.35. The predicted molar refractivity (Wildman–Crippen MR) is 102 cm³/mol. The molecule has 3 heterocycles. The van der Waals surface area contributed by atoms with E-state index >= 15 is 0 Å². The third-order valence-corrected chi connectivity index (χ3v) is 4.77. The minimum atomic E-state index is 0.0268. The molecule has 0 radical (unpaired) electrons. The smallest absolute Gasteiger partial charge is 0.255 e. The highest BCUT2D eigenvalue weighted by atomic mass is 16.5. The van der Waals surface area contributed by atoms with E-state index in [9.17, 15) is 4.79 Å². The van der Waals surface area contributed by atoms with Crippen molar-refractivity contribution in [3.63, 3.8) is 0 Å². The fraction of sp³-hybridized carbons (Fsp3) is 0.286. The van der Waals surface area contributed by atoms with Crippen molar-refractivity contribution in [2.45, 2.75) is 12.8 Å². The molecule has 6 nitrogen and oxygen atoms in total. The molecule has 0 aliphatic carbocycles. The van der Waals surface area contributed by atoms with Gasteiger partial charge in [-0.25, -0.2) is 9.67 Å². The number of ether oxygens (including phenoxy) is 1. The number of likely N-dealkylation sites (tertiary alicyclic amines) is 1. The molecule has 1 unspecified atom stereocenters. The topological polar surface area (TPSA) is 60.2 Å². The summed E-state index contributed by atoms with van der Waals surface area (Å²) < 4.78 is 7.55. The maximum absolute atomic E-state index is 12.8. The molecule has 2 aromatic heterocycles. The second-order valence-electron chi connectivity index (χ2n) is 6.74. The summed E-state index contributed by atoms with van der Waals surface area (Å²) in [6, 6.07) is 15.3. The number of rotatable bonds is 5. The lowest BCUT2D eigenvalue weighted by molar-refractivity contribution is 0.0633. The van der Waals surface area contributed by atoms with Crippen LogP contribution < -0.4 is 4.74 Å². The van der Waals surface area contributed by atoms with Crippen molar-refractivity contribution in [3.8, 4) is 11.6 Å². The molecule has 6 heteroatoms. The van der Waals surface area contributed by atoms with E-state index in [2.05, 4.69) is 10.1 Å². The van der Waals surface area contributed by atoms with Gasteiger partial charge in [-0.1, -0.05) is 18.2 Å². The lowest BCUT2D eigenvalue weighted by Gasteiger charge is -2.32. The largest absolute Gasteiger partial charge is 0.493 e. The van der Waals surface area contributed by atoms with Gasteiger partial charge < -0.3 is 9.64 Å². The summed E-state index contributed by atoms with van der Waals surface area (Å²) in [5.74, 6) is 1.95. The standard InChI is InChI=1S/C21H22N4O2/c26-21(18-9-10-20(22-14-18)25-13-5-11-23-25)24-12-4-6-17(15-24)16-27-19-7-2-1-3-8-19/h1-3,5,7-11,13-14,17H,4,6,12,15-16H2. The normalized spacial score (nSPS) is 16.9. The van der Waals surface area contributed by atoms with E-state index in [4.69, 9.17) is 4.74 Å². The average molecular weight is 362 g/mol. The lowest BCUT2D eigenvalue weighted by atomic mass is 9.98. The average Bonchev–Trinajstić information content (AvgIpc) is 3.28. The van der Waals surface area contributed by atoms with E-state index in [1.54, 1.807) is 17.1 Å². The van der Waals surface area contributed by atoms with Crippen LogP contribution >= 0.6 is 0 Å². The predicted octanol–water partition coefficient (Wildman–Crippen LogP) is 3.20. The molecule has 1 saturated heterocycles. The molecule has 3 aromatic rings. The zero-order valence-electron chi connectivity index (χ0n) is 15.1. The summed E-state index contributed by atoms with van der Waals surface area (Å²) in [4.78, 5) is 19.1. The summed E-state index contributed by atoms with van der Waals surface area (Å²) >= 11 is 0. The van der Waals surface area contributed by atoms with Gasteiger partial charge in [0.2, 0.25) is 0 Å². The third kappa shape index (κ3) is 4.16. The highest BCUT2D eigenvalue weighted by Crippen LogP contribution is 2.20. The van der Waals surface area contributed by atoms with Gasteiger partial charge in [0.25, 0.3) is 5.91 Å². The highest BCUT2D eigenvalue weighted by molar-refractivity contribution is 5.94. The number of carbonyl (C=O) groups excluding carboxylic acids is 1. The first-order valence-corrected chi connectivity index (χ1v) is 9.23. The third-order valence-electron chi connectivity index (χ3n) is 4.77. The van der Waals surface area contributed by atoms with Gasteiger partial charge >= 0.3 is 0 Å². The summed E-state index contributed by atoms with van der Waals surface area (Å²) in [6.07, 6.45) is 7.22. The zero-order valence-corrected chi connectivity index (χ0v) is 15.1. The zero-order chi connectivity index (χ0) is 18.5. The Morgan fingerprint density at radius 3 is 2.78 bits per heavy atom. The molecule has 0 bridgehead atoms. The number of hydrogen-bond acceptors (Lipinski definition) is 4. The van der Waals surface area contributed by atoms with Gasteiger partial charge in [-0.15, -0.1) is 0 Å². The molecule has 1 atom stereocenters. The van der Waals surface area contributed by atoms with Crippen LogP contribution in [0.25, 0.3) is 5.82 Å². The van der Waals surface area contributed by atoms with E-state index in [0.29, 0.717) is 30.5 Å². The molecule has 1 aromatic carbocycles. The van der Waals surface area contributed by atoms with Crippen molar-refractivity contribution in [3.05, 3.63) is 72.7 Å².